The Kier molecular flexibility index (Phi) is 5.80. The highest BCUT2D eigenvalue weighted by Gasteiger charge is 2.06. The quantitative estimate of drug-likeness (QED) is 0.466. The number of benzene rings is 2. The fourth-order valence-electron chi connectivity index (χ4n) is 3.02. The van der Waals surface area contributed by atoms with Crippen LogP contribution in [0.3, 0.4) is 0 Å². The van der Waals surface area contributed by atoms with E-state index in [4.69, 9.17) is 0 Å². The third-order valence-electron chi connectivity index (χ3n) is 4.58. The van der Waals surface area contributed by atoms with Crippen LogP contribution in [0.15, 0.2) is 79.3 Å². The van der Waals surface area contributed by atoms with Gasteiger partial charge in [0, 0.05) is 30.9 Å². The Morgan fingerprint density at radius 1 is 0.933 bits per heavy atom. The number of nitrogens with zero attached hydrogens (tertiary/aromatic N) is 4. The molecule has 0 saturated heterocycles. The van der Waals surface area contributed by atoms with Crippen LogP contribution in [0.4, 0.5) is 5.82 Å². The van der Waals surface area contributed by atoms with Gasteiger partial charge in [0.05, 0.1) is 5.69 Å². The molecule has 4 rings (SSSR count). The number of rotatable bonds is 7. The third-order valence-corrected chi connectivity index (χ3v) is 4.58. The minimum absolute atomic E-state index is 0.105. The highest BCUT2D eigenvalue weighted by Crippen LogP contribution is 2.19. The fourth-order valence-corrected chi connectivity index (χ4v) is 3.02. The van der Waals surface area contributed by atoms with Crippen molar-refractivity contribution in [2.45, 2.75) is 6.92 Å². The van der Waals surface area contributed by atoms with Gasteiger partial charge in [0.2, 0.25) is 0 Å². The van der Waals surface area contributed by atoms with Gasteiger partial charge in [-0.05, 0) is 36.2 Å². The molecule has 2 heterocycles. The lowest BCUT2D eigenvalue weighted by molar-refractivity contribution is 0.0955. The summed E-state index contributed by atoms with van der Waals surface area (Å²) >= 11 is 0. The van der Waals surface area contributed by atoms with Crippen LogP contribution in [-0.4, -0.2) is 38.7 Å². The molecule has 4 aromatic rings. The highest BCUT2D eigenvalue weighted by atomic mass is 16.1. The average Bonchev–Trinajstić information content (AvgIpc) is 3.24. The molecule has 7 heteroatoms. The molecule has 0 bridgehead atoms. The van der Waals surface area contributed by atoms with Crippen molar-refractivity contribution >= 4 is 11.7 Å². The van der Waals surface area contributed by atoms with Crippen LogP contribution in [-0.2, 0) is 0 Å². The lowest BCUT2D eigenvalue weighted by Crippen LogP contribution is -2.28. The molecule has 0 aliphatic carbocycles. The summed E-state index contributed by atoms with van der Waals surface area (Å²) in [7, 11) is 0. The molecule has 0 aliphatic heterocycles. The smallest absolute Gasteiger partial charge is 0.251 e. The van der Waals surface area contributed by atoms with E-state index in [0.717, 1.165) is 16.8 Å². The molecule has 0 unspecified atom stereocenters. The molecule has 7 nitrogen and oxygen atoms in total. The molecule has 0 spiro atoms. The van der Waals surface area contributed by atoms with Crippen molar-refractivity contribution in [2.24, 2.45) is 0 Å². The summed E-state index contributed by atoms with van der Waals surface area (Å²) < 4.78 is 1.70. The number of anilines is 1. The van der Waals surface area contributed by atoms with Crippen LogP contribution in [0, 0.1) is 6.92 Å². The second kappa shape index (κ2) is 9.00. The van der Waals surface area contributed by atoms with E-state index in [9.17, 15) is 4.79 Å². The van der Waals surface area contributed by atoms with Crippen LogP contribution in [0.2, 0.25) is 0 Å². The topological polar surface area (TPSA) is 84.7 Å². The van der Waals surface area contributed by atoms with Crippen molar-refractivity contribution in [3.05, 3.63) is 90.5 Å². The lowest BCUT2D eigenvalue weighted by atomic mass is 10.0. The monoisotopic (exact) mass is 398 g/mol. The minimum Gasteiger partial charge on any atom is -0.368 e. The van der Waals surface area contributed by atoms with Crippen molar-refractivity contribution < 1.29 is 4.79 Å². The maximum absolute atomic E-state index is 12.4. The number of aryl methyl sites for hydroxylation is 1. The van der Waals surface area contributed by atoms with Gasteiger partial charge in [-0.2, -0.15) is 5.10 Å². The van der Waals surface area contributed by atoms with Gasteiger partial charge in [0.15, 0.2) is 5.82 Å². The Morgan fingerprint density at radius 2 is 1.70 bits per heavy atom. The van der Waals surface area contributed by atoms with E-state index >= 15 is 0 Å². The molecule has 0 aliphatic rings. The first-order valence-electron chi connectivity index (χ1n) is 9.71. The lowest BCUT2D eigenvalue weighted by Gasteiger charge is -2.09. The molecule has 2 N–H and O–H groups in total. The zero-order chi connectivity index (χ0) is 20.8. The SMILES string of the molecule is Cc1ccn(-c2cc(NCCNC(=O)c3ccc(-c4ccccc4)cc3)ncn2)n1. The number of carbonyl (C=O) groups excluding carboxylic acids is 1. The van der Waals surface area contributed by atoms with Crippen molar-refractivity contribution in [1.29, 1.82) is 0 Å². The number of carbonyl (C=O) groups is 1. The van der Waals surface area contributed by atoms with Gasteiger partial charge in [0.1, 0.15) is 12.1 Å². The van der Waals surface area contributed by atoms with Crippen LogP contribution in [0.25, 0.3) is 16.9 Å². The maximum Gasteiger partial charge on any atom is 0.251 e. The van der Waals surface area contributed by atoms with Gasteiger partial charge < -0.3 is 10.6 Å². The average molecular weight is 398 g/mol. The van der Waals surface area contributed by atoms with Crippen LogP contribution >= 0.6 is 0 Å². The molecular weight excluding hydrogens is 376 g/mol. The standard InChI is InChI=1S/C23H22N6O/c1-17-11-14-29(28-17)22-15-21(26-16-27-22)24-12-13-25-23(30)20-9-7-19(8-10-20)18-5-3-2-4-6-18/h2-11,14-16H,12-13H2,1H3,(H,25,30)(H,24,26,27). The molecule has 2 aromatic heterocycles. The zero-order valence-electron chi connectivity index (χ0n) is 16.6. The maximum atomic E-state index is 12.4. The Hall–Kier alpha value is -4.00. The molecule has 150 valence electrons. The van der Waals surface area contributed by atoms with Crippen LogP contribution < -0.4 is 10.6 Å². The predicted molar refractivity (Wildman–Crippen MR) is 117 cm³/mol. The van der Waals surface area contributed by atoms with Crippen LogP contribution in [0.1, 0.15) is 16.1 Å². The van der Waals surface area contributed by atoms with Gasteiger partial charge >= 0.3 is 0 Å². The summed E-state index contributed by atoms with van der Waals surface area (Å²) in [5.41, 5.74) is 3.76. The largest absolute Gasteiger partial charge is 0.368 e. The Balaban J connectivity index is 1.28. The molecule has 0 saturated carbocycles. The fraction of sp³-hybridized carbons (Fsp3) is 0.130. The number of aromatic nitrogens is 4. The summed E-state index contributed by atoms with van der Waals surface area (Å²) in [4.78, 5) is 20.8. The van der Waals surface area contributed by atoms with Crippen molar-refractivity contribution in [3.63, 3.8) is 0 Å². The summed E-state index contributed by atoms with van der Waals surface area (Å²) in [5.74, 6) is 1.25. The number of nitrogens with one attached hydrogen (secondary N) is 2. The van der Waals surface area contributed by atoms with Crippen molar-refractivity contribution in [1.82, 2.24) is 25.1 Å². The van der Waals surface area contributed by atoms with Gasteiger partial charge in [0.25, 0.3) is 5.91 Å². The summed E-state index contributed by atoms with van der Waals surface area (Å²) in [6.07, 6.45) is 3.34. The summed E-state index contributed by atoms with van der Waals surface area (Å²) in [6.45, 7) is 2.94. The highest BCUT2D eigenvalue weighted by molar-refractivity contribution is 5.94. The molecule has 0 atom stereocenters. The predicted octanol–water partition coefficient (Wildman–Crippen LogP) is 3.48. The summed E-state index contributed by atoms with van der Waals surface area (Å²) in [6, 6.07) is 21.4. The van der Waals surface area contributed by atoms with Crippen LogP contribution in [0.5, 0.6) is 0 Å². The van der Waals surface area contributed by atoms with E-state index in [1.807, 2.05) is 79.9 Å². The molecular formula is C23H22N6O. The Bertz CT molecular complexity index is 1120. The third kappa shape index (κ3) is 4.70. The zero-order valence-corrected chi connectivity index (χ0v) is 16.6. The van der Waals surface area contributed by atoms with Gasteiger partial charge in [-0.3, -0.25) is 4.79 Å². The molecule has 0 radical (unpaired) electrons. The van der Waals surface area contributed by atoms with E-state index in [2.05, 4.69) is 25.7 Å². The normalized spacial score (nSPS) is 10.6. The molecule has 30 heavy (non-hydrogen) atoms. The summed E-state index contributed by atoms with van der Waals surface area (Å²) in [5, 5.41) is 10.5. The Labute approximate surface area is 174 Å². The van der Waals surface area contributed by atoms with E-state index < -0.39 is 0 Å². The minimum atomic E-state index is -0.105. The molecule has 0 fully saturated rings. The van der Waals surface area contributed by atoms with E-state index in [0.29, 0.717) is 30.3 Å². The first kappa shape index (κ1) is 19.3. The number of hydrogen-bond donors (Lipinski definition) is 2. The van der Waals surface area contributed by atoms with Crippen molar-refractivity contribution in [2.75, 3.05) is 18.4 Å². The second-order valence-corrected chi connectivity index (χ2v) is 6.79. The van der Waals surface area contributed by atoms with E-state index in [-0.39, 0.29) is 5.91 Å². The number of hydrogen-bond acceptors (Lipinski definition) is 5. The van der Waals surface area contributed by atoms with Gasteiger partial charge in [-0.1, -0.05) is 42.5 Å². The first-order valence-corrected chi connectivity index (χ1v) is 9.71. The van der Waals surface area contributed by atoms with E-state index in [1.165, 1.54) is 6.33 Å². The number of amides is 1. The van der Waals surface area contributed by atoms with E-state index in [1.54, 1.807) is 4.68 Å². The van der Waals surface area contributed by atoms with Gasteiger partial charge in [-0.25, -0.2) is 14.6 Å². The van der Waals surface area contributed by atoms with Crippen molar-refractivity contribution in [3.8, 4) is 16.9 Å². The first-order chi connectivity index (χ1) is 14.7. The Morgan fingerprint density at radius 3 is 2.43 bits per heavy atom. The molecule has 1 amide bonds. The molecule has 2 aromatic carbocycles. The van der Waals surface area contributed by atoms with Gasteiger partial charge in [-0.15, -0.1) is 0 Å². The second-order valence-electron chi connectivity index (χ2n) is 6.79.